The zero-order valence-electron chi connectivity index (χ0n) is 11.5. The van der Waals surface area contributed by atoms with Gasteiger partial charge >= 0.3 is 5.97 Å². The van der Waals surface area contributed by atoms with Crippen molar-refractivity contribution in [2.45, 2.75) is 45.3 Å². The Morgan fingerprint density at radius 3 is 2.80 bits per heavy atom. The molecule has 3 N–H and O–H groups in total. The SMILES string of the molecule is CC1CCc2sc(C(=O)NC(C(=O)O)C(C)O)cc2C1. The molecule has 0 spiro atoms. The molecule has 1 aliphatic carbocycles. The number of aliphatic hydroxyl groups excluding tert-OH is 1. The average Bonchev–Trinajstić information content (AvgIpc) is 2.77. The number of hydrogen-bond acceptors (Lipinski definition) is 4. The molecule has 0 radical (unpaired) electrons. The van der Waals surface area contributed by atoms with Crippen LogP contribution in [0.2, 0.25) is 0 Å². The summed E-state index contributed by atoms with van der Waals surface area (Å²) >= 11 is 1.42. The molecule has 0 bridgehead atoms. The second-order valence-corrected chi connectivity index (χ2v) is 6.57. The van der Waals surface area contributed by atoms with Crippen LogP contribution in [-0.2, 0) is 17.6 Å². The molecule has 1 aromatic rings. The number of carboxylic acids is 1. The fourth-order valence-electron chi connectivity index (χ4n) is 2.42. The molecule has 3 unspecified atom stereocenters. The molecule has 1 aliphatic rings. The minimum absolute atomic E-state index is 0.426. The zero-order valence-corrected chi connectivity index (χ0v) is 12.4. The first-order chi connectivity index (χ1) is 9.38. The highest BCUT2D eigenvalue weighted by atomic mass is 32.1. The van der Waals surface area contributed by atoms with Crippen molar-refractivity contribution in [3.8, 4) is 0 Å². The summed E-state index contributed by atoms with van der Waals surface area (Å²) in [6.45, 7) is 3.54. The number of carbonyl (C=O) groups excluding carboxylic acids is 1. The Bertz CT molecular complexity index is 523. The molecular weight excluding hydrogens is 278 g/mol. The molecule has 1 aromatic heterocycles. The van der Waals surface area contributed by atoms with Crippen molar-refractivity contribution in [1.29, 1.82) is 0 Å². The fraction of sp³-hybridized carbons (Fsp3) is 0.571. The first-order valence-electron chi connectivity index (χ1n) is 6.71. The van der Waals surface area contributed by atoms with Crippen LogP contribution in [0.1, 0.15) is 40.4 Å². The Labute approximate surface area is 121 Å². The van der Waals surface area contributed by atoms with E-state index in [1.165, 1.54) is 28.7 Å². The Kier molecular flexibility index (Phi) is 4.45. The van der Waals surface area contributed by atoms with Gasteiger partial charge in [-0.2, -0.15) is 0 Å². The molecule has 0 aromatic carbocycles. The van der Waals surface area contributed by atoms with Crippen LogP contribution in [0.4, 0.5) is 0 Å². The van der Waals surface area contributed by atoms with Gasteiger partial charge < -0.3 is 15.5 Å². The number of carboxylic acid groups (broad SMARTS) is 1. The highest BCUT2D eigenvalue weighted by Gasteiger charge is 2.27. The van der Waals surface area contributed by atoms with Gasteiger partial charge in [-0.15, -0.1) is 11.3 Å². The lowest BCUT2D eigenvalue weighted by Crippen LogP contribution is -2.47. The molecule has 5 nitrogen and oxygen atoms in total. The smallest absolute Gasteiger partial charge is 0.328 e. The minimum Gasteiger partial charge on any atom is -0.480 e. The third-order valence-corrected chi connectivity index (χ3v) is 4.82. The second-order valence-electron chi connectivity index (χ2n) is 5.44. The highest BCUT2D eigenvalue weighted by molar-refractivity contribution is 7.14. The van der Waals surface area contributed by atoms with Crippen molar-refractivity contribution < 1.29 is 19.8 Å². The summed E-state index contributed by atoms with van der Waals surface area (Å²) < 4.78 is 0. The van der Waals surface area contributed by atoms with Crippen LogP contribution in [0.5, 0.6) is 0 Å². The van der Waals surface area contributed by atoms with E-state index in [2.05, 4.69) is 12.2 Å². The molecule has 110 valence electrons. The zero-order chi connectivity index (χ0) is 14.9. The first kappa shape index (κ1) is 15.0. The topological polar surface area (TPSA) is 86.6 Å². The van der Waals surface area contributed by atoms with Gasteiger partial charge in [-0.25, -0.2) is 4.79 Å². The lowest BCUT2D eigenvalue weighted by Gasteiger charge is -2.16. The van der Waals surface area contributed by atoms with E-state index in [1.54, 1.807) is 0 Å². The van der Waals surface area contributed by atoms with Gasteiger partial charge in [0.25, 0.3) is 5.91 Å². The number of aliphatic carboxylic acids is 1. The molecule has 0 saturated heterocycles. The van der Waals surface area contributed by atoms with E-state index >= 15 is 0 Å². The molecule has 2 rings (SSSR count). The normalized spacial score (nSPS) is 20.9. The van der Waals surface area contributed by atoms with Crippen LogP contribution in [0.25, 0.3) is 0 Å². The summed E-state index contributed by atoms with van der Waals surface area (Å²) in [4.78, 5) is 24.8. The standard InChI is InChI=1S/C14H19NO4S/c1-7-3-4-10-9(5-7)6-11(20-10)13(17)15-12(8(2)16)14(18)19/h6-8,12,16H,3-5H2,1-2H3,(H,15,17)(H,18,19). The minimum atomic E-state index is -1.28. The predicted molar refractivity (Wildman–Crippen MR) is 76.1 cm³/mol. The van der Waals surface area contributed by atoms with Gasteiger partial charge in [0.1, 0.15) is 0 Å². The maximum Gasteiger partial charge on any atom is 0.328 e. The second kappa shape index (κ2) is 5.93. The molecule has 0 saturated carbocycles. The van der Waals surface area contributed by atoms with Crippen molar-refractivity contribution in [3.63, 3.8) is 0 Å². The predicted octanol–water partition coefficient (Wildman–Crippen LogP) is 1.44. The van der Waals surface area contributed by atoms with E-state index in [0.717, 1.165) is 19.3 Å². The fourth-order valence-corrected chi connectivity index (χ4v) is 3.53. The van der Waals surface area contributed by atoms with E-state index in [0.29, 0.717) is 10.8 Å². The molecule has 6 heteroatoms. The van der Waals surface area contributed by atoms with Gasteiger partial charge in [0.2, 0.25) is 0 Å². The molecule has 20 heavy (non-hydrogen) atoms. The van der Waals surface area contributed by atoms with Crippen LogP contribution in [0.15, 0.2) is 6.07 Å². The van der Waals surface area contributed by atoms with Crippen molar-refractivity contribution in [2.24, 2.45) is 5.92 Å². The number of thiophene rings is 1. The van der Waals surface area contributed by atoms with Gasteiger partial charge in [-0.3, -0.25) is 4.79 Å². The number of fused-ring (bicyclic) bond motifs is 1. The van der Waals surface area contributed by atoms with Crippen molar-refractivity contribution >= 4 is 23.2 Å². The monoisotopic (exact) mass is 297 g/mol. The lowest BCUT2D eigenvalue weighted by molar-refractivity contribution is -0.141. The number of amides is 1. The van der Waals surface area contributed by atoms with E-state index in [9.17, 15) is 14.7 Å². The number of hydrogen-bond donors (Lipinski definition) is 3. The largest absolute Gasteiger partial charge is 0.480 e. The van der Waals surface area contributed by atoms with Crippen LogP contribution in [0, 0.1) is 5.92 Å². The van der Waals surface area contributed by atoms with Crippen LogP contribution < -0.4 is 5.32 Å². The molecular formula is C14H19NO4S. The summed E-state index contributed by atoms with van der Waals surface area (Å²) in [5.41, 5.74) is 1.20. The van der Waals surface area contributed by atoms with Crippen LogP contribution in [-0.4, -0.2) is 34.2 Å². The summed E-state index contributed by atoms with van der Waals surface area (Å²) in [5, 5.41) is 20.7. The lowest BCUT2D eigenvalue weighted by atomic mass is 9.90. The summed E-state index contributed by atoms with van der Waals surface area (Å²) in [7, 11) is 0. The molecule has 1 heterocycles. The third-order valence-electron chi connectivity index (χ3n) is 3.59. The summed E-state index contributed by atoms with van der Waals surface area (Å²) in [5.74, 6) is -1.04. The summed E-state index contributed by atoms with van der Waals surface area (Å²) in [6, 6.07) is 0.576. The third kappa shape index (κ3) is 3.19. The number of aliphatic hydroxyl groups is 1. The number of rotatable bonds is 4. The molecule has 3 atom stereocenters. The Hall–Kier alpha value is -1.40. The van der Waals surface area contributed by atoms with Gasteiger partial charge in [0.05, 0.1) is 11.0 Å². The van der Waals surface area contributed by atoms with E-state index in [-0.39, 0.29) is 0 Å². The van der Waals surface area contributed by atoms with Gasteiger partial charge in [0.15, 0.2) is 6.04 Å². The first-order valence-corrected chi connectivity index (χ1v) is 7.53. The number of nitrogens with one attached hydrogen (secondary N) is 1. The van der Waals surface area contributed by atoms with Crippen molar-refractivity contribution in [1.82, 2.24) is 5.32 Å². The van der Waals surface area contributed by atoms with E-state index < -0.39 is 24.0 Å². The Balaban J connectivity index is 2.12. The highest BCUT2D eigenvalue weighted by Crippen LogP contribution is 2.32. The summed E-state index contributed by atoms with van der Waals surface area (Å²) in [6.07, 6.45) is 1.94. The Morgan fingerprint density at radius 2 is 2.20 bits per heavy atom. The van der Waals surface area contributed by atoms with Gasteiger partial charge in [0, 0.05) is 4.88 Å². The van der Waals surface area contributed by atoms with Crippen molar-refractivity contribution in [2.75, 3.05) is 0 Å². The van der Waals surface area contributed by atoms with E-state index in [4.69, 9.17) is 5.11 Å². The number of carbonyl (C=O) groups is 2. The van der Waals surface area contributed by atoms with E-state index in [1.807, 2.05) is 6.07 Å². The quantitative estimate of drug-likeness (QED) is 0.785. The number of aryl methyl sites for hydroxylation is 1. The van der Waals surface area contributed by atoms with Crippen LogP contribution in [0.3, 0.4) is 0 Å². The maximum atomic E-state index is 12.1. The maximum absolute atomic E-state index is 12.1. The van der Waals surface area contributed by atoms with Crippen molar-refractivity contribution in [3.05, 3.63) is 21.4 Å². The Morgan fingerprint density at radius 1 is 1.50 bits per heavy atom. The molecule has 1 amide bonds. The molecule has 0 aliphatic heterocycles. The van der Waals surface area contributed by atoms with Crippen LogP contribution >= 0.6 is 11.3 Å². The molecule has 0 fully saturated rings. The average molecular weight is 297 g/mol. The van der Waals surface area contributed by atoms with Gasteiger partial charge in [-0.05, 0) is 43.7 Å². The van der Waals surface area contributed by atoms with Gasteiger partial charge in [-0.1, -0.05) is 6.92 Å².